The number of nitrogens with one attached hydrogen (secondary N) is 2. The van der Waals surface area contributed by atoms with Crippen molar-refractivity contribution < 1.29 is 15.0 Å². The molecule has 0 bridgehead atoms. The van der Waals surface area contributed by atoms with E-state index >= 15 is 0 Å². The fraction of sp³-hybridized carbons (Fsp3) is 0.577. The Morgan fingerprint density at radius 1 is 1.23 bits per heavy atom. The summed E-state index contributed by atoms with van der Waals surface area (Å²) in [5.41, 5.74) is 2.00. The standard InChI is InChI=1S/C26H34ClN5O3/c1-15-2-6-19(7-3-15)30-25(35)21-11-29-26(32-12-18-9-20(18)23(32)14-34)31-24(21)28-10-16-4-5-17(13-33)22(27)8-16/h4-5,8,11,15,18-20,23,33-34H,2-3,6-7,9-10,12-14H2,1H3,(H,30,35)(H,28,29,31)/t15-,18?,19-,20?,23?. The molecular formula is C26H34ClN5O3. The minimum Gasteiger partial charge on any atom is -0.394 e. The Labute approximate surface area is 211 Å². The quantitative estimate of drug-likeness (QED) is 0.440. The van der Waals surface area contributed by atoms with Gasteiger partial charge in [0, 0.05) is 30.4 Å². The molecule has 0 spiro atoms. The van der Waals surface area contributed by atoms with Crippen LogP contribution in [0.15, 0.2) is 24.4 Å². The Morgan fingerprint density at radius 2 is 2.03 bits per heavy atom. The first-order chi connectivity index (χ1) is 17.0. The Morgan fingerprint density at radius 3 is 2.74 bits per heavy atom. The highest BCUT2D eigenvalue weighted by atomic mass is 35.5. The molecule has 3 aliphatic rings. The number of piperidine rings is 1. The molecule has 2 aromatic rings. The van der Waals surface area contributed by atoms with Crippen molar-refractivity contribution in [3.63, 3.8) is 0 Å². The maximum Gasteiger partial charge on any atom is 0.256 e. The number of hydrogen-bond acceptors (Lipinski definition) is 7. The maximum absolute atomic E-state index is 13.2. The van der Waals surface area contributed by atoms with Crippen molar-refractivity contribution in [2.24, 2.45) is 17.8 Å². The van der Waals surface area contributed by atoms with Crippen LogP contribution in [0.2, 0.25) is 5.02 Å². The van der Waals surface area contributed by atoms with E-state index in [1.807, 2.05) is 6.07 Å². The number of carbonyl (C=O) groups is 1. The van der Waals surface area contributed by atoms with Gasteiger partial charge in [-0.25, -0.2) is 4.98 Å². The number of fused-ring (bicyclic) bond motifs is 1. The normalized spacial score (nSPS) is 27.4. The van der Waals surface area contributed by atoms with Gasteiger partial charge in [-0.2, -0.15) is 4.98 Å². The molecule has 1 aromatic carbocycles. The summed E-state index contributed by atoms with van der Waals surface area (Å²) < 4.78 is 0. The van der Waals surface area contributed by atoms with Crippen LogP contribution in [0.25, 0.3) is 0 Å². The molecule has 9 heteroatoms. The van der Waals surface area contributed by atoms with Gasteiger partial charge < -0.3 is 25.7 Å². The molecule has 188 valence electrons. The number of anilines is 2. The lowest BCUT2D eigenvalue weighted by Crippen LogP contribution is -2.39. The van der Waals surface area contributed by atoms with Gasteiger partial charge in [0.2, 0.25) is 5.95 Å². The van der Waals surface area contributed by atoms with Crippen molar-refractivity contribution in [3.05, 3.63) is 46.1 Å². The van der Waals surface area contributed by atoms with Crippen LogP contribution in [0.3, 0.4) is 0 Å². The SMILES string of the molecule is C[C@H]1CC[C@H](NC(=O)c2cnc(N3CC4CC4C3CO)nc2NCc2ccc(CO)c(Cl)c2)CC1. The summed E-state index contributed by atoms with van der Waals surface area (Å²) >= 11 is 6.26. The second kappa shape index (κ2) is 10.3. The molecule has 4 N–H and O–H groups in total. The molecule has 3 atom stereocenters. The Balaban J connectivity index is 1.37. The first-order valence-electron chi connectivity index (χ1n) is 12.6. The van der Waals surface area contributed by atoms with Crippen LogP contribution in [-0.2, 0) is 13.2 Å². The number of hydrogen-bond donors (Lipinski definition) is 4. The van der Waals surface area contributed by atoms with Crippen LogP contribution in [0.4, 0.5) is 11.8 Å². The van der Waals surface area contributed by atoms with E-state index in [0.29, 0.717) is 52.2 Å². The van der Waals surface area contributed by atoms with Crippen molar-refractivity contribution in [2.75, 3.05) is 23.4 Å². The van der Waals surface area contributed by atoms with Gasteiger partial charge in [-0.05, 0) is 67.1 Å². The van der Waals surface area contributed by atoms with E-state index in [1.54, 1.807) is 18.3 Å². The van der Waals surface area contributed by atoms with Gasteiger partial charge >= 0.3 is 0 Å². The molecule has 8 nitrogen and oxygen atoms in total. The number of carbonyl (C=O) groups excluding carboxylic acids is 1. The summed E-state index contributed by atoms with van der Waals surface area (Å²) in [6.07, 6.45) is 6.97. The lowest BCUT2D eigenvalue weighted by atomic mass is 9.87. The first-order valence-corrected chi connectivity index (χ1v) is 13.0. The number of benzene rings is 1. The predicted molar refractivity (Wildman–Crippen MR) is 135 cm³/mol. The molecule has 3 fully saturated rings. The zero-order valence-electron chi connectivity index (χ0n) is 20.1. The lowest BCUT2D eigenvalue weighted by Gasteiger charge is -2.28. The highest BCUT2D eigenvalue weighted by molar-refractivity contribution is 6.31. The van der Waals surface area contributed by atoms with E-state index in [9.17, 15) is 15.0 Å². The maximum atomic E-state index is 13.2. The molecule has 35 heavy (non-hydrogen) atoms. The molecule has 5 rings (SSSR count). The van der Waals surface area contributed by atoms with Crippen LogP contribution in [-0.4, -0.2) is 51.3 Å². The third-order valence-corrected chi connectivity index (χ3v) is 8.22. The third-order valence-electron chi connectivity index (χ3n) is 7.87. The molecular weight excluding hydrogens is 466 g/mol. The molecule has 2 saturated carbocycles. The van der Waals surface area contributed by atoms with Gasteiger partial charge in [-0.3, -0.25) is 4.79 Å². The molecule has 1 aromatic heterocycles. The zero-order valence-corrected chi connectivity index (χ0v) is 20.8. The smallest absolute Gasteiger partial charge is 0.256 e. The van der Waals surface area contributed by atoms with Gasteiger partial charge in [0.05, 0.1) is 19.3 Å². The highest BCUT2D eigenvalue weighted by Gasteiger charge is 2.53. The number of aliphatic hydroxyl groups excluding tert-OH is 2. The molecule has 3 unspecified atom stereocenters. The second-order valence-corrected chi connectivity index (χ2v) is 10.8. The number of aromatic nitrogens is 2. The minimum absolute atomic E-state index is 0.0292. The van der Waals surface area contributed by atoms with E-state index in [0.717, 1.165) is 44.2 Å². The van der Waals surface area contributed by atoms with Crippen molar-refractivity contribution in [3.8, 4) is 0 Å². The topological polar surface area (TPSA) is 111 Å². The summed E-state index contributed by atoms with van der Waals surface area (Å²) in [6.45, 7) is 3.46. The summed E-state index contributed by atoms with van der Waals surface area (Å²) in [7, 11) is 0. The van der Waals surface area contributed by atoms with Crippen molar-refractivity contribution >= 4 is 29.3 Å². The van der Waals surface area contributed by atoms with Crippen LogP contribution in [0, 0.1) is 17.8 Å². The number of nitrogens with zero attached hydrogens (tertiary/aromatic N) is 3. The average Bonchev–Trinajstić information content (AvgIpc) is 3.54. The molecule has 1 saturated heterocycles. The molecule has 1 amide bonds. The monoisotopic (exact) mass is 499 g/mol. The van der Waals surface area contributed by atoms with E-state index in [4.69, 9.17) is 16.6 Å². The summed E-state index contributed by atoms with van der Waals surface area (Å²) in [5, 5.41) is 26.3. The lowest BCUT2D eigenvalue weighted by molar-refractivity contribution is 0.0923. The van der Waals surface area contributed by atoms with Gasteiger partial charge in [0.1, 0.15) is 11.4 Å². The van der Waals surface area contributed by atoms with Gasteiger partial charge in [0.25, 0.3) is 5.91 Å². The Bertz CT molecular complexity index is 1070. The van der Waals surface area contributed by atoms with E-state index in [2.05, 4.69) is 27.4 Å². The highest BCUT2D eigenvalue weighted by Crippen LogP contribution is 2.50. The number of amides is 1. The number of halogens is 1. The summed E-state index contributed by atoms with van der Waals surface area (Å²) in [4.78, 5) is 24.6. The third kappa shape index (κ3) is 5.25. The molecule has 1 aliphatic heterocycles. The van der Waals surface area contributed by atoms with E-state index in [-0.39, 0.29) is 31.2 Å². The van der Waals surface area contributed by atoms with Crippen LogP contribution in [0.1, 0.15) is 60.5 Å². The first kappa shape index (κ1) is 24.3. The van der Waals surface area contributed by atoms with Crippen LogP contribution >= 0.6 is 11.6 Å². The number of rotatable bonds is 8. The number of aliphatic hydroxyl groups is 2. The molecule has 2 aliphatic carbocycles. The fourth-order valence-corrected chi connectivity index (χ4v) is 5.79. The van der Waals surface area contributed by atoms with Crippen LogP contribution < -0.4 is 15.5 Å². The summed E-state index contributed by atoms with van der Waals surface area (Å²) in [5.74, 6) is 2.64. The predicted octanol–water partition coefficient (Wildman–Crippen LogP) is 3.36. The summed E-state index contributed by atoms with van der Waals surface area (Å²) in [6, 6.07) is 5.69. The second-order valence-electron chi connectivity index (χ2n) is 10.4. The molecule has 2 heterocycles. The van der Waals surface area contributed by atoms with Crippen molar-refractivity contribution in [2.45, 2.75) is 64.3 Å². The van der Waals surface area contributed by atoms with Crippen molar-refractivity contribution in [1.29, 1.82) is 0 Å². The largest absolute Gasteiger partial charge is 0.394 e. The van der Waals surface area contributed by atoms with Crippen molar-refractivity contribution in [1.82, 2.24) is 15.3 Å². The van der Waals surface area contributed by atoms with E-state index in [1.165, 1.54) is 0 Å². The average molecular weight is 500 g/mol. The Hall–Kier alpha value is -2.42. The minimum atomic E-state index is -0.171. The molecule has 0 radical (unpaired) electrons. The fourth-order valence-electron chi connectivity index (χ4n) is 5.53. The van der Waals surface area contributed by atoms with Crippen LogP contribution in [0.5, 0.6) is 0 Å². The van der Waals surface area contributed by atoms with Gasteiger partial charge in [-0.15, -0.1) is 0 Å². The van der Waals surface area contributed by atoms with Gasteiger partial charge in [0.15, 0.2) is 0 Å². The Kier molecular flexibility index (Phi) is 7.14. The zero-order chi connectivity index (χ0) is 24.5. The van der Waals surface area contributed by atoms with E-state index < -0.39 is 0 Å². The van der Waals surface area contributed by atoms with Gasteiger partial charge in [-0.1, -0.05) is 30.7 Å².